The van der Waals surface area contributed by atoms with E-state index in [1.807, 2.05) is 6.07 Å². The Bertz CT molecular complexity index is 1060. The van der Waals surface area contributed by atoms with Crippen LogP contribution in [-0.4, -0.2) is 34.1 Å². The molecule has 0 spiro atoms. The summed E-state index contributed by atoms with van der Waals surface area (Å²) < 4.78 is 1.07. The highest BCUT2D eigenvalue weighted by Crippen LogP contribution is 2.68. The quantitative estimate of drug-likeness (QED) is 0.343. The van der Waals surface area contributed by atoms with E-state index < -0.39 is 12.2 Å². The number of ketones is 1. The highest BCUT2D eigenvalue weighted by atomic mass is 79.9. The van der Waals surface area contributed by atoms with Crippen LogP contribution in [0.3, 0.4) is 0 Å². The molecule has 5 nitrogen and oxygen atoms in total. The molecular weight excluding hydrogens is 562 g/mol. The summed E-state index contributed by atoms with van der Waals surface area (Å²) in [7, 11) is 0. The van der Waals surface area contributed by atoms with Crippen LogP contribution in [0.2, 0.25) is 0 Å². The zero-order valence-electron chi connectivity index (χ0n) is 23.6. The van der Waals surface area contributed by atoms with E-state index >= 15 is 0 Å². The van der Waals surface area contributed by atoms with Crippen molar-refractivity contribution in [1.29, 1.82) is 0 Å². The van der Waals surface area contributed by atoms with Crippen molar-refractivity contribution in [2.45, 2.75) is 104 Å². The number of hydrogen-bond acceptors (Lipinski definition) is 5. The number of halogens is 1. The Kier molecular flexibility index (Phi) is 8.00. The molecule has 4 fully saturated rings. The zero-order chi connectivity index (χ0) is 27.6. The molecule has 4 aliphatic rings. The Morgan fingerprint density at radius 2 is 1.89 bits per heavy atom. The molecule has 0 saturated heterocycles. The molecule has 4 aliphatic carbocycles. The Hall–Kier alpha value is -0.760. The molecule has 212 valence electrons. The van der Waals surface area contributed by atoms with Crippen LogP contribution in [0.4, 0.5) is 0 Å². The van der Waals surface area contributed by atoms with Gasteiger partial charge in [0.25, 0.3) is 0 Å². The van der Waals surface area contributed by atoms with Gasteiger partial charge in [-0.2, -0.15) is 0 Å². The van der Waals surface area contributed by atoms with Crippen molar-refractivity contribution in [2.75, 3.05) is 0 Å². The lowest BCUT2D eigenvalue weighted by molar-refractivity contribution is -0.201. The molecule has 0 unspecified atom stereocenters. The van der Waals surface area contributed by atoms with E-state index in [1.54, 1.807) is 11.3 Å². The maximum absolute atomic E-state index is 13.3. The average molecular weight is 609 g/mol. The molecule has 4 saturated carbocycles. The second kappa shape index (κ2) is 10.6. The summed E-state index contributed by atoms with van der Waals surface area (Å²) in [5.41, 5.74) is -0.280. The molecule has 38 heavy (non-hydrogen) atoms. The lowest BCUT2D eigenvalue weighted by Crippen LogP contribution is -2.62. The molecule has 0 aliphatic heterocycles. The summed E-state index contributed by atoms with van der Waals surface area (Å²) in [6.07, 6.45) is 5.12. The van der Waals surface area contributed by atoms with Gasteiger partial charge < -0.3 is 15.5 Å². The van der Waals surface area contributed by atoms with E-state index in [0.29, 0.717) is 43.8 Å². The first-order chi connectivity index (χ1) is 17.9. The normalized spacial score (nSPS) is 42.2. The van der Waals surface area contributed by atoms with Crippen molar-refractivity contribution in [1.82, 2.24) is 5.32 Å². The topological polar surface area (TPSA) is 86.6 Å². The summed E-state index contributed by atoms with van der Waals surface area (Å²) in [5.74, 6) is 2.01. The van der Waals surface area contributed by atoms with Crippen LogP contribution < -0.4 is 5.32 Å². The first kappa shape index (κ1) is 28.8. The number of rotatable bonds is 6. The molecule has 3 N–H and O–H groups in total. The molecule has 1 heterocycles. The fraction of sp³-hybridized carbons (Fsp3) is 0.806. The molecule has 1 aromatic rings. The molecule has 7 heteroatoms. The Morgan fingerprint density at radius 3 is 2.55 bits per heavy atom. The van der Waals surface area contributed by atoms with Crippen molar-refractivity contribution in [3.05, 3.63) is 20.8 Å². The predicted molar refractivity (Wildman–Crippen MR) is 155 cm³/mol. The van der Waals surface area contributed by atoms with Gasteiger partial charge in [0.2, 0.25) is 5.91 Å². The number of thiophene rings is 1. The fourth-order valence-corrected chi connectivity index (χ4v) is 11.3. The van der Waals surface area contributed by atoms with E-state index in [0.717, 1.165) is 27.9 Å². The predicted octanol–water partition coefficient (Wildman–Crippen LogP) is 6.52. The number of Topliss-reactive ketones (excluding diaryl/α,β-unsaturated/α-hetero) is 1. The van der Waals surface area contributed by atoms with Crippen molar-refractivity contribution in [3.63, 3.8) is 0 Å². The van der Waals surface area contributed by atoms with E-state index in [2.05, 4.69) is 61.9 Å². The summed E-state index contributed by atoms with van der Waals surface area (Å²) in [6, 6.07) is 4.12. The van der Waals surface area contributed by atoms with E-state index in [1.165, 1.54) is 0 Å². The molecule has 11 atom stereocenters. The highest BCUT2D eigenvalue weighted by molar-refractivity contribution is 9.11. The summed E-state index contributed by atoms with van der Waals surface area (Å²) in [6.45, 7) is 11.0. The standard InChI is InChI=1S/C31H46BrNO4S/c1-16(2)29(24-8-9-26(32)38-24)33-27(37)12-17(3)20-6-7-21-28-22(15-25(36)31(20,21)5)30(4)11-10-19(34)13-18(30)14-23(28)35/h8-9,16-18,20-23,25,28-29,35-36H,6-7,10-15H2,1-5H3,(H,33,37)/t17-,18+,20-,21+,22+,23-,25+,28+,29-,30+,31-/m1/s1. The van der Waals surface area contributed by atoms with Gasteiger partial charge in [-0.05, 0) is 112 Å². The first-order valence-electron chi connectivity index (χ1n) is 14.8. The number of hydrogen-bond donors (Lipinski definition) is 3. The highest BCUT2D eigenvalue weighted by Gasteiger charge is 2.65. The monoisotopic (exact) mass is 607 g/mol. The third-order valence-electron chi connectivity index (χ3n) is 11.8. The van der Waals surface area contributed by atoms with Crippen LogP contribution in [0.1, 0.15) is 96.9 Å². The Labute approximate surface area is 240 Å². The van der Waals surface area contributed by atoms with Crippen molar-refractivity contribution >= 4 is 39.0 Å². The van der Waals surface area contributed by atoms with Crippen LogP contribution in [-0.2, 0) is 9.59 Å². The van der Waals surface area contributed by atoms with Gasteiger partial charge in [0.15, 0.2) is 0 Å². The molecule has 5 rings (SSSR count). The number of aliphatic hydroxyl groups excluding tert-OH is 2. The van der Waals surface area contributed by atoms with Gasteiger partial charge in [0.05, 0.1) is 22.0 Å². The van der Waals surface area contributed by atoms with Gasteiger partial charge in [-0.3, -0.25) is 9.59 Å². The van der Waals surface area contributed by atoms with Crippen LogP contribution in [0.15, 0.2) is 15.9 Å². The molecule has 0 bridgehead atoms. The van der Waals surface area contributed by atoms with Gasteiger partial charge >= 0.3 is 0 Å². The summed E-state index contributed by atoms with van der Waals surface area (Å²) in [5, 5.41) is 26.6. The Balaban J connectivity index is 1.31. The third kappa shape index (κ3) is 4.75. The van der Waals surface area contributed by atoms with Gasteiger partial charge in [0.1, 0.15) is 5.78 Å². The van der Waals surface area contributed by atoms with E-state index in [4.69, 9.17) is 0 Å². The van der Waals surface area contributed by atoms with Gasteiger partial charge in [-0.15, -0.1) is 11.3 Å². The van der Waals surface area contributed by atoms with Gasteiger partial charge in [0, 0.05) is 24.1 Å². The van der Waals surface area contributed by atoms with Crippen molar-refractivity contribution in [3.8, 4) is 0 Å². The van der Waals surface area contributed by atoms with Crippen LogP contribution in [0.5, 0.6) is 0 Å². The van der Waals surface area contributed by atoms with Gasteiger partial charge in [-0.25, -0.2) is 0 Å². The smallest absolute Gasteiger partial charge is 0.220 e. The first-order valence-corrected chi connectivity index (χ1v) is 16.4. The molecule has 1 aromatic heterocycles. The maximum Gasteiger partial charge on any atom is 0.220 e. The number of nitrogens with one attached hydrogen (secondary N) is 1. The average Bonchev–Trinajstić information content (AvgIpc) is 3.43. The number of amides is 1. The Morgan fingerprint density at radius 1 is 1.16 bits per heavy atom. The molecule has 0 aromatic carbocycles. The van der Waals surface area contributed by atoms with Crippen molar-refractivity contribution < 1.29 is 19.8 Å². The second-order valence-electron chi connectivity index (χ2n) is 14.0. The lowest BCUT2D eigenvalue weighted by atomic mass is 9.43. The minimum absolute atomic E-state index is 0.00704. The summed E-state index contributed by atoms with van der Waals surface area (Å²) in [4.78, 5) is 26.7. The minimum Gasteiger partial charge on any atom is -0.393 e. The fourth-order valence-electron chi connectivity index (χ4n) is 9.67. The minimum atomic E-state index is -0.445. The lowest BCUT2D eigenvalue weighted by Gasteiger charge is -2.63. The zero-order valence-corrected chi connectivity index (χ0v) is 26.0. The number of fused-ring (bicyclic) bond motifs is 5. The molecule has 1 amide bonds. The molecular formula is C31H46BrNO4S. The van der Waals surface area contributed by atoms with Gasteiger partial charge in [-0.1, -0.05) is 34.6 Å². The van der Waals surface area contributed by atoms with Crippen LogP contribution in [0, 0.1) is 52.3 Å². The maximum atomic E-state index is 13.3. The number of aliphatic hydroxyl groups is 2. The van der Waals surface area contributed by atoms with Crippen LogP contribution in [0.25, 0.3) is 0 Å². The number of carbonyl (C=O) groups is 2. The SMILES string of the molecule is CC(C)[C@@H](NC(=O)C[C@@H](C)[C@H]1CC[C@H]2[C@@H]3[C@H](O)C[C@@H]4CC(=O)CC[C@]4(C)[C@H]3C[C@H](O)[C@]12C)c1ccc(Br)s1. The molecule has 0 radical (unpaired) electrons. The third-order valence-corrected chi connectivity index (χ3v) is 13.5. The second-order valence-corrected chi connectivity index (χ2v) is 16.4. The van der Waals surface area contributed by atoms with E-state index in [9.17, 15) is 19.8 Å². The van der Waals surface area contributed by atoms with Crippen LogP contribution >= 0.6 is 27.3 Å². The van der Waals surface area contributed by atoms with E-state index in [-0.39, 0.29) is 58.3 Å². The largest absolute Gasteiger partial charge is 0.393 e. The number of carbonyl (C=O) groups excluding carboxylic acids is 2. The summed E-state index contributed by atoms with van der Waals surface area (Å²) >= 11 is 5.22. The van der Waals surface area contributed by atoms with Crippen molar-refractivity contribution in [2.24, 2.45) is 52.3 Å².